The van der Waals surface area contributed by atoms with Crippen LogP contribution in [0.15, 0.2) is 18.2 Å². The highest BCUT2D eigenvalue weighted by molar-refractivity contribution is 5.85. The van der Waals surface area contributed by atoms with Gasteiger partial charge >= 0.3 is 5.97 Å². The van der Waals surface area contributed by atoms with Crippen LogP contribution in [-0.4, -0.2) is 30.3 Å². The fourth-order valence-corrected chi connectivity index (χ4v) is 1.02. The van der Waals surface area contributed by atoms with Gasteiger partial charge in [0.2, 0.25) is 5.75 Å². The van der Waals surface area contributed by atoms with Crippen LogP contribution in [-0.2, 0) is 4.79 Å². The van der Waals surface area contributed by atoms with Gasteiger partial charge in [-0.15, -0.1) is 0 Å². The maximum Gasteiger partial charge on any atom is 0.328 e. The summed E-state index contributed by atoms with van der Waals surface area (Å²) in [6.45, 7) is 0. The fraction of sp³-hybridized carbons (Fsp3) is 0.182. The molecule has 5 nitrogen and oxygen atoms in total. The van der Waals surface area contributed by atoms with E-state index >= 15 is 0 Å². The molecule has 1 rings (SSSR count). The lowest BCUT2D eigenvalue weighted by Gasteiger charge is -2.09. The predicted octanol–water partition coefficient (Wildman–Crippen LogP) is 1.51. The lowest BCUT2D eigenvalue weighted by molar-refractivity contribution is -0.131. The molecule has 1 aromatic rings. The molecule has 0 saturated carbocycles. The van der Waals surface area contributed by atoms with E-state index < -0.39 is 37.3 Å². The molecule has 0 saturated heterocycles. The van der Waals surface area contributed by atoms with Gasteiger partial charge in [-0.05, 0) is 23.8 Å². The van der Waals surface area contributed by atoms with Crippen LogP contribution in [0.1, 0.15) is 13.8 Å². The van der Waals surface area contributed by atoms with E-state index in [1.165, 1.54) is 0 Å². The maximum absolute atomic E-state index is 10.5. The highest BCUT2D eigenvalue weighted by Crippen LogP contribution is 2.37. The Morgan fingerprint density at radius 2 is 1.94 bits per heavy atom. The van der Waals surface area contributed by atoms with Crippen LogP contribution in [0.25, 0.3) is 6.08 Å². The third kappa shape index (κ3) is 2.66. The van der Waals surface area contributed by atoms with Crippen molar-refractivity contribution in [1.82, 2.24) is 0 Å². The van der Waals surface area contributed by atoms with E-state index in [4.69, 9.17) is 13.3 Å². The van der Waals surface area contributed by atoms with Gasteiger partial charge in [0.15, 0.2) is 11.5 Å². The molecule has 2 N–H and O–H groups in total. The summed E-state index contributed by atoms with van der Waals surface area (Å²) in [4.78, 5) is 10.5. The molecular weight excluding hydrogens is 212 g/mol. The molecule has 0 bridgehead atoms. The van der Waals surface area contributed by atoms with Gasteiger partial charge in [-0.25, -0.2) is 4.79 Å². The smallest absolute Gasteiger partial charge is 0.328 e. The van der Waals surface area contributed by atoms with E-state index in [2.05, 4.69) is 9.47 Å². The van der Waals surface area contributed by atoms with Gasteiger partial charge in [0, 0.05) is 6.08 Å². The molecule has 0 spiro atoms. The zero-order chi connectivity index (χ0) is 17.1. The second-order valence-electron chi connectivity index (χ2n) is 2.74. The Morgan fingerprint density at radius 3 is 2.38 bits per heavy atom. The largest absolute Gasteiger partial charge is 0.502 e. The van der Waals surface area contributed by atoms with Crippen molar-refractivity contribution in [2.24, 2.45) is 0 Å². The number of rotatable bonds is 4. The van der Waals surface area contributed by atoms with Gasteiger partial charge < -0.3 is 19.7 Å². The molecule has 0 atom stereocenters. The van der Waals surface area contributed by atoms with Crippen molar-refractivity contribution in [2.75, 3.05) is 14.1 Å². The van der Waals surface area contributed by atoms with E-state index in [-0.39, 0.29) is 5.56 Å². The number of phenols is 1. The number of carboxylic acid groups (broad SMARTS) is 1. The first-order chi connectivity index (χ1) is 9.87. The van der Waals surface area contributed by atoms with Gasteiger partial charge in [-0.1, -0.05) is 0 Å². The van der Waals surface area contributed by atoms with Crippen LogP contribution in [0.2, 0.25) is 0 Å². The third-order valence-corrected chi connectivity index (χ3v) is 1.70. The molecule has 0 aliphatic heterocycles. The summed E-state index contributed by atoms with van der Waals surface area (Å²) in [6, 6.07) is 2.07. The Bertz CT molecular complexity index is 553. The fourth-order valence-electron chi connectivity index (χ4n) is 1.02. The number of phenolic OH excluding ortho intramolecular Hbond substituents is 1. The summed E-state index contributed by atoms with van der Waals surface area (Å²) in [6.07, 6.45) is 1.80. The van der Waals surface area contributed by atoms with Crippen LogP contribution < -0.4 is 9.47 Å². The van der Waals surface area contributed by atoms with Crippen molar-refractivity contribution in [2.45, 2.75) is 0 Å². The Balaban J connectivity index is 3.33. The summed E-state index contributed by atoms with van der Waals surface area (Å²) >= 11 is 0. The SMILES string of the molecule is [2H]C([2H])([2H])Oc1cc(/C=C/C(=O)O)cc(OC([2H])([2H])[2H])c1O. The van der Waals surface area contributed by atoms with Gasteiger partial charge in [-0.3, -0.25) is 0 Å². The number of hydrogen-bond donors (Lipinski definition) is 2. The minimum Gasteiger partial charge on any atom is -0.502 e. The minimum absolute atomic E-state index is 0.0682. The topological polar surface area (TPSA) is 76.0 Å². The Kier molecular flexibility index (Phi) is 1.83. The van der Waals surface area contributed by atoms with Crippen molar-refractivity contribution in [1.29, 1.82) is 0 Å². The summed E-state index contributed by atoms with van der Waals surface area (Å²) in [5.74, 6) is -3.22. The highest BCUT2D eigenvalue weighted by Gasteiger charge is 2.09. The van der Waals surface area contributed by atoms with E-state index in [0.717, 1.165) is 24.3 Å². The number of aromatic hydroxyl groups is 1. The van der Waals surface area contributed by atoms with Crippen molar-refractivity contribution in [3.05, 3.63) is 23.8 Å². The van der Waals surface area contributed by atoms with Gasteiger partial charge in [0.05, 0.1) is 22.3 Å². The molecule has 1 aromatic carbocycles. The first-order valence-electron chi connectivity index (χ1n) is 7.03. The molecule has 5 heteroatoms. The van der Waals surface area contributed by atoms with E-state index in [1.54, 1.807) is 0 Å². The first-order valence-corrected chi connectivity index (χ1v) is 4.03. The molecule has 0 fully saturated rings. The van der Waals surface area contributed by atoms with E-state index in [0.29, 0.717) is 0 Å². The number of carboxylic acids is 1. The second-order valence-corrected chi connectivity index (χ2v) is 2.74. The molecule has 0 heterocycles. The Labute approximate surface area is 101 Å². The first kappa shape index (κ1) is 5.79. The maximum atomic E-state index is 10.5. The second kappa shape index (κ2) is 5.06. The zero-order valence-electron chi connectivity index (χ0n) is 13.9. The monoisotopic (exact) mass is 230 g/mol. The van der Waals surface area contributed by atoms with E-state index in [1.807, 2.05) is 0 Å². The molecular formula is C11H12O5. The Hall–Kier alpha value is -2.17. The van der Waals surface area contributed by atoms with Gasteiger partial charge in [0.1, 0.15) is 0 Å². The van der Waals surface area contributed by atoms with Crippen molar-refractivity contribution < 1.29 is 32.7 Å². The molecule has 0 aliphatic carbocycles. The quantitative estimate of drug-likeness (QED) is 0.767. The van der Waals surface area contributed by atoms with Crippen LogP contribution in [0.4, 0.5) is 0 Å². The van der Waals surface area contributed by atoms with Crippen LogP contribution in [0, 0.1) is 0 Å². The summed E-state index contributed by atoms with van der Waals surface area (Å²) in [5.41, 5.74) is 0.0682. The molecule has 86 valence electrons. The van der Waals surface area contributed by atoms with Crippen molar-refractivity contribution in [3.63, 3.8) is 0 Å². The van der Waals surface area contributed by atoms with Crippen LogP contribution >= 0.6 is 0 Å². The zero-order valence-corrected chi connectivity index (χ0v) is 7.93. The summed E-state index contributed by atoms with van der Waals surface area (Å²) < 4.78 is 51.0. The number of methoxy groups -OCH3 is 2. The number of benzene rings is 1. The Morgan fingerprint density at radius 1 is 1.38 bits per heavy atom. The molecule has 16 heavy (non-hydrogen) atoms. The third-order valence-electron chi connectivity index (χ3n) is 1.70. The molecule has 0 aliphatic rings. The van der Waals surface area contributed by atoms with Crippen molar-refractivity contribution in [3.8, 4) is 17.2 Å². The van der Waals surface area contributed by atoms with Crippen LogP contribution in [0.5, 0.6) is 17.2 Å². The number of hydrogen-bond acceptors (Lipinski definition) is 4. The molecule has 0 unspecified atom stereocenters. The number of ether oxygens (including phenoxy) is 2. The van der Waals surface area contributed by atoms with Gasteiger partial charge in [-0.2, -0.15) is 0 Å². The minimum atomic E-state index is -2.90. The normalized spacial score (nSPS) is 17.5. The van der Waals surface area contributed by atoms with Crippen LogP contribution in [0.3, 0.4) is 0 Å². The standard InChI is InChI=1S/C11H12O5/c1-15-8-5-7(3-4-10(12)13)6-9(16-2)11(8)14/h3-6,14H,1-2H3,(H,12,13)/b4-3+/i1D3,2D3. The number of carbonyl (C=O) groups is 1. The molecule has 0 amide bonds. The average Bonchev–Trinajstić information content (AvgIpc) is 2.28. The average molecular weight is 230 g/mol. The van der Waals surface area contributed by atoms with E-state index in [9.17, 15) is 9.90 Å². The highest BCUT2D eigenvalue weighted by atomic mass is 16.5. The number of aliphatic carboxylic acids is 1. The molecule has 0 radical (unpaired) electrons. The summed E-state index contributed by atoms with van der Waals surface area (Å²) in [7, 11) is -5.80. The lowest BCUT2D eigenvalue weighted by Crippen LogP contribution is -1.91. The molecule has 0 aromatic heterocycles. The summed E-state index contributed by atoms with van der Waals surface area (Å²) in [5, 5.41) is 18.4. The lowest BCUT2D eigenvalue weighted by atomic mass is 10.1. The van der Waals surface area contributed by atoms with Crippen molar-refractivity contribution >= 4 is 12.0 Å². The van der Waals surface area contributed by atoms with Gasteiger partial charge in [0.25, 0.3) is 0 Å². The predicted molar refractivity (Wildman–Crippen MR) is 57.9 cm³/mol.